The van der Waals surface area contributed by atoms with Crippen molar-refractivity contribution in [1.29, 1.82) is 0 Å². The van der Waals surface area contributed by atoms with E-state index in [0.29, 0.717) is 5.75 Å². The quantitative estimate of drug-likeness (QED) is 0.503. The molecule has 0 aliphatic rings. The lowest BCUT2D eigenvalue weighted by Gasteiger charge is -2.05. The van der Waals surface area contributed by atoms with Crippen LogP contribution >= 0.6 is 0 Å². The summed E-state index contributed by atoms with van der Waals surface area (Å²) in [6, 6.07) is 16.9. The van der Waals surface area contributed by atoms with Crippen molar-refractivity contribution < 1.29 is 14.3 Å². The summed E-state index contributed by atoms with van der Waals surface area (Å²) in [4.78, 5) is 11.0. The van der Waals surface area contributed by atoms with Crippen LogP contribution in [0, 0.1) is 0 Å². The molecule has 0 aliphatic carbocycles. The molecular formula is C16H16N2O3. The molecule has 0 spiro atoms. The van der Waals surface area contributed by atoms with Crippen LogP contribution in [0.1, 0.15) is 5.56 Å². The van der Waals surface area contributed by atoms with Crippen LogP contribution < -0.4 is 10.2 Å². The van der Waals surface area contributed by atoms with Gasteiger partial charge in [0.25, 0.3) is 0 Å². The minimum atomic E-state index is -0.417. The van der Waals surface area contributed by atoms with Gasteiger partial charge in [-0.2, -0.15) is 5.10 Å². The number of benzene rings is 2. The summed E-state index contributed by atoms with van der Waals surface area (Å²) < 4.78 is 9.82. The molecule has 0 aromatic heterocycles. The summed E-state index contributed by atoms with van der Waals surface area (Å²) in [6.45, 7) is -0.112. The monoisotopic (exact) mass is 284 g/mol. The predicted octanol–water partition coefficient (Wildman–Crippen LogP) is 2.68. The fourth-order valence-corrected chi connectivity index (χ4v) is 1.58. The molecule has 0 atom stereocenters. The zero-order valence-corrected chi connectivity index (χ0v) is 11.7. The van der Waals surface area contributed by atoms with Crippen LogP contribution in [0.5, 0.6) is 5.75 Å². The summed E-state index contributed by atoms with van der Waals surface area (Å²) in [7, 11) is 1.32. The topological polar surface area (TPSA) is 59.9 Å². The van der Waals surface area contributed by atoms with E-state index in [1.165, 1.54) is 7.11 Å². The number of carbonyl (C=O) groups excluding carboxylic acids is 1. The van der Waals surface area contributed by atoms with Gasteiger partial charge in [0.05, 0.1) is 19.0 Å². The first kappa shape index (κ1) is 14.6. The minimum Gasteiger partial charge on any atom is -0.482 e. The van der Waals surface area contributed by atoms with Crippen molar-refractivity contribution in [3.63, 3.8) is 0 Å². The first-order valence-electron chi connectivity index (χ1n) is 6.42. The molecule has 2 rings (SSSR count). The SMILES string of the molecule is COC(=O)COc1cccc(C=NNc2ccccc2)c1. The van der Waals surface area contributed by atoms with Gasteiger partial charge in [-0.3, -0.25) is 5.43 Å². The molecule has 108 valence electrons. The van der Waals surface area contributed by atoms with Gasteiger partial charge in [-0.25, -0.2) is 4.79 Å². The molecule has 2 aromatic carbocycles. The average Bonchev–Trinajstić information content (AvgIpc) is 2.54. The Balaban J connectivity index is 1.93. The van der Waals surface area contributed by atoms with Crippen molar-refractivity contribution in [3.05, 3.63) is 60.2 Å². The van der Waals surface area contributed by atoms with Crippen LogP contribution in [0.25, 0.3) is 0 Å². The number of esters is 1. The van der Waals surface area contributed by atoms with Crippen molar-refractivity contribution in [2.45, 2.75) is 0 Å². The zero-order valence-electron chi connectivity index (χ0n) is 11.7. The molecule has 0 saturated heterocycles. The Morgan fingerprint density at radius 2 is 2.00 bits per heavy atom. The van der Waals surface area contributed by atoms with Crippen molar-refractivity contribution in [2.75, 3.05) is 19.1 Å². The standard InChI is InChI=1S/C16H16N2O3/c1-20-16(19)12-21-15-9-5-6-13(10-15)11-17-18-14-7-3-2-4-8-14/h2-11,18H,12H2,1H3. The van der Waals surface area contributed by atoms with E-state index in [2.05, 4.69) is 15.3 Å². The van der Waals surface area contributed by atoms with Crippen LogP contribution in [0.3, 0.4) is 0 Å². The van der Waals surface area contributed by atoms with Crippen LogP contribution in [0.2, 0.25) is 0 Å². The Bertz CT molecular complexity index is 612. The van der Waals surface area contributed by atoms with Gasteiger partial charge in [0.15, 0.2) is 6.61 Å². The number of ether oxygens (including phenoxy) is 2. The number of para-hydroxylation sites is 1. The van der Waals surface area contributed by atoms with Gasteiger partial charge >= 0.3 is 5.97 Å². The van der Waals surface area contributed by atoms with Gasteiger partial charge in [0.2, 0.25) is 0 Å². The van der Waals surface area contributed by atoms with Gasteiger partial charge in [-0.05, 0) is 29.8 Å². The number of methoxy groups -OCH3 is 1. The van der Waals surface area contributed by atoms with E-state index < -0.39 is 5.97 Å². The molecule has 0 fully saturated rings. The molecule has 2 aromatic rings. The third-order valence-corrected chi connectivity index (χ3v) is 2.62. The highest BCUT2D eigenvalue weighted by molar-refractivity contribution is 5.80. The number of rotatable bonds is 6. The summed E-state index contributed by atoms with van der Waals surface area (Å²) >= 11 is 0. The van der Waals surface area contributed by atoms with Gasteiger partial charge in [-0.1, -0.05) is 30.3 Å². The van der Waals surface area contributed by atoms with Crippen molar-refractivity contribution in [2.24, 2.45) is 5.10 Å². The van der Waals surface area contributed by atoms with Crippen LogP contribution in [0.4, 0.5) is 5.69 Å². The molecule has 0 bridgehead atoms. The Labute approximate surface area is 123 Å². The highest BCUT2D eigenvalue weighted by Gasteiger charge is 2.01. The summed E-state index contributed by atoms with van der Waals surface area (Å²) in [5, 5.41) is 4.14. The molecule has 0 heterocycles. The lowest BCUT2D eigenvalue weighted by atomic mass is 10.2. The van der Waals surface area contributed by atoms with E-state index in [-0.39, 0.29) is 6.61 Å². The Morgan fingerprint density at radius 1 is 1.19 bits per heavy atom. The van der Waals surface area contributed by atoms with Gasteiger partial charge in [0.1, 0.15) is 5.75 Å². The number of hydrazone groups is 1. The Kier molecular flexibility index (Phi) is 5.34. The van der Waals surface area contributed by atoms with Crippen molar-refractivity contribution >= 4 is 17.9 Å². The maximum absolute atomic E-state index is 11.0. The highest BCUT2D eigenvalue weighted by Crippen LogP contribution is 2.12. The number of nitrogens with one attached hydrogen (secondary N) is 1. The van der Waals surface area contributed by atoms with Crippen molar-refractivity contribution in [3.8, 4) is 5.75 Å². The number of nitrogens with zero attached hydrogens (tertiary/aromatic N) is 1. The second-order valence-corrected chi connectivity index (χ2v) is 4.17. The molecule has 0 amide bonds. The summed E-state index contributed by atoms with van der Waals surface area (Å²) in [6.07, 6.45) is 1.68. The minimum absolute atomic E-state index is 0.112. The first-order valence-corrected chi connectivity index (χ1v) is 6.42. The normalized spacial score (nSPS) is 10.3. The number of hydrogen-bond acceptors (Lipinski definition) is 5. The molecule has 0 saturated carbocycles. The van der Waals surface area contributed by atoms with Crippen LogP contribution in [-0.4, -0.2) is 25.9 Å². The Hall–Kier alpha value is -2.82. The lowest BCUT2D eigenvalue weighted by Crippen LogP contribution is -2.12. The zero-order chi connectivity index (χ0) is 14.9. The maximum atomic E-state index is 11.0. The van der Waals surface area contributed by atoms with E-state index in [1.807, 2.05) is 42.5 Å². The highest BCUT2D eigenvalue weighted by atomic mass is 16.6. The molecule has 0 radical (unpaired) electrons. The molecule has 1 N–H and O–H groups in total. The fourth-order valence-electron chi connectivity index (χ4n) is 1.58. The van der Waals surface area contributed by atoms with Gasteiger partial charge < -0.3 is 9.47 Å². The van der Waals surface area contributed by atoms with Crippen LogP contribution in [0.15, 0.2) is 59.7 Å². The molecule has 0 unspecified atom stereocenters. The molecular weight excluding hydrogens is 268 g/mol. The van der Waals surface area contributed by atoms with Gasteiger partial charge in [0, 0.05) is 0 Å². The fraction of sp³-hybridized carbons (Fsp3) is 0.125. The number of carbonyl (C=O) groups is 1. The second kappa shape index (κ2) is 7.69. The lowest BCUT2D eigenvalue weighted by molar-refractivity contribution is -0.142. The molecule has 0 aliphatic heterocycles. The third-order valence-electron chi connectivity index (χ3n) is 2.62. The maximum Gasteiger partial charge on any atom is 0.343 e. The molecule has 5 nitrogen and oxygen atoms in total. The smallest absolute Gasteiger partial charge is 0.343 e. The largest absolute Gasteiger partial charge is 0.482 e. The Morgan fingerprint density at radius 3 is 2.76 bits per heavy atom. The average molecular weight is 284 g/mol. The number of anilines is 1. The second-order valence-electron chi connectivity index (χ2n) is 4.17. The van der Waals surface area contributed by atoms with E-state index in [1.54, 1.807) is 18.3 Å². The van der Waals surface area contributed by atoms with Crippen LogP contribution in [-0.2, 0) is 9.53 Å². The number of hydrogen-bond donors (Lipinski definition) is 1. The summed E-state index contributed by atoms with van der Waals surface area (Å²) in [5.41, 5.74) is 4.70. The van der Waals surface area contributed by atoms with E-state index in [4.69, 9.17) is 4.74 Å². The predicted molar refractivity (Wildman–Crippen MR) is 81.6 cm³/mol. The summed E-state index contributed by atoms with van der Waals surface area (Å²) in [5.74, 6) is 0.170. The van der Waals surface area contributed by atoms with E-state index in [0.717, 1.165) is 11.3 Å². The van der Waals surface area contributed by atoms with E-state index >= 15 is 0 Å². The third kappa shape index (κ3) is 4.99. The first-order chi connectivity index (χ1) is 10.3. The molecule has 5 heteroatoms. The van der Waals surface area contributed by atoms with E-state index in [9.17, 15) is 4.79 Å². The molecule has 21 heavy (non-hydrogen) atoms. The van der Waals surface area contributed by atoms with Gasteiger partial charge in [-0.15, -0.1) is 0 Å². The van der Waals surface area contributed by atoms with Crippen molar-refractivity contribution in [1.82, 2.24) is 0 Å².